The van der Waals surface area contributed by atoms with Crippen LogP contribution in [0.25, 0.3) is 22.1 Å². The number of rotatable bonds is 6. The molecule has 1 atom stereocenters. The number of aromatic carboxylic acids is 1. The van der Waals surface area contributed by atoms with Crippen molar-refractivity contribution in [2.45, 2.75) is 23.8 Å². The van der Waals surface area contributed by atoms with Gasteiger partial charge < -0.3 is 15.0 Å². The Morgan fingerprint density at radius 1 is 1.13 bits per heavy atom. The number of carboxylic acids is 1. The molecule has 0 aliphatic rings. The summed E-state index contributed by atoms with van der Waals surface area (Å²) in [5.41, 5.74) is 3.16. The quantitative estimate of drug-likeness (QED) is 0.457. The van der Waals surface area contributed by atoms with Crippen LogP contribution < -0.4 is 5.32 Å². The van der Waals surface area contributed by atoms with Gasteiger partial charge >= 0.3 is 5.97 Å². The molecule has 8 nitrogen and oxygen atoms in total. The fraction of sp³-hybridized carbons (Fsp3) is 0.190. The van der Waals surface area contributed by atoms with Crippen LogP contribution in [-0.4, -0.2) is 42.0 Å². The molecular weight excluding hydrogens is 402 g/mol. The van der Waals surface area contributed by atoms with Crippen molar-refractivity contribution >= 4 is 51.4 Å². The van der Waals surface area contributed by atoms with E-state index in [9.17, 15) is 9.59 Å². The molecule has 152 valence electrons. The van der Waals surface area contributed by atoms with Crippen LogP contribution in [0.15, 0.2) is 53.7 Å². The number of carbonyl (C=O) groups is 2. The highest BCUT2D eigenvalue weighted by molar-refractivity contribution is 8.00. The molecule has 2 N–H and O–H groups in total. The van der Waals surface area contributed by atoms with E-state index in [-0.39, 0.29) is 11.5 Å². The molecule has 0 bridgehead atoms. The predicted octanol–water partition coefficient (Wildman–Crippen LogP) is 3.72. The van der Waals surface area contributed by atoms with E-state index in [1.165, 1.54) is 23.9 Å². The molecular formula is C21H19N5O3S. The summed E-state index contributed by atoms with van der Waals surface area (Å²) in [6.07, 6.45) is 0.570. The van der Waals surface area contributed by atoms with E-state index in [0.29, 0.717) is 22.9 Å². The molecule has 4 aromatic rings. The highest BCUT2D eigenvalue weighted by atomic mass is 32.2. The van der Waals surface area contributed by atoms with Gasteiger partial charge in [0.1, 0.15) is 5.52 Å². The molecule has 0 fully saturated rings. The first kappa shape index (κ1) is 19.8. The first-order valence-corrected chi connectivity index (χ1v) is 10.2. The lowest BCUT2D eigenvalue weighted by molar-refractivity contribution is -0.115. The van der Waals surface area contributed by atoms with Crippen molar-refractivity contribution in [2.75, 3.05) is 5.32 Å². The van der Waals surface area contributed by atoms with Crippen LogP contribution in [0.4, 0.5) is 5.69 Å². The zero-order chi connectivity index (χ0) is 21.3. The highest BCUT2D eigenvalue weighted by Gasteiger charge is 2.21. The first-order valence-electron chi connectivity index (χ1n) is 9.36. The molecule has 0 aliphatic carbocycles. The van der Waals surface area contributed by atoms with E-state index >= 15 is 0 Å². The molecule has 0 aliphatic heterocycles. The lowest BCUT2D eigenvalue weighted by Gasteiger charge is -2.13. The molecule has 0 saturated heterocycles. The summed E-state index contributed by atoms with van der Waals surface area (Å²) >= 11 is 1.25. The third-order valence-electron chi connectivity index (χ3n) is 4.80. The second-order valence-corrected chi connectivity index (χ2v) is 7.90. The Morgan fingerprint density at radius 2 is 1.87 bits per heavy atom. The average molecular weight is 421 g/mol. The highest BCUT2D eigenvalue weighted by Crippen LogP contribution is 2.28. The summed E-state index contributed by atoms with van der Waals surface area (Å²) < 4.78 is 1.97. The number of aromatic nitrogens is 4. The molecule has 30 heavy (non-hydrogen) atoms. The van der Waals surface area contributed by atoms with Gasteiger partial charge in [0.15, 0.2) is 5.65 Å². The number of aryl methyl sites for hydroxylation is 1. The molecule has 0 saturated carbocycles. The molecule has 9 heteroatoms. The topological polar surface area (TPSA) is 110 Å². The summed E-state index contributed by atoms with van der Waals surface area (Å²) in [6.45, 7) is 1.91. The van der Waals surface area contributed by atoms with Crippen molar-refractivity contribution < 1.29 is 14.7 Å². The SMILES string of the molecule is CCC(Sc1nnc2c3ccccc3n(C)c2n1)C(=O)Nc1ccc(C(=O)O)cc1. The monoisotopic (exact) mass is 421 g/mol. The number of nitrogens with one attached hydrogen (secondary N) is 1. The normalized spacial score (nSPS) is 12.2. The van der Waals surface area contributed by atoms with E-state index in [1.54, 1.807) is 12.1 Å². The van der Waals surface area contributed by atoms with E-state index in [1.807, 2.05) is 42.8 Å². The first-order chi connectivity index (χ1) is 14.5. The maximum absolute atomic E-state index is 12.7. The molecule has 1 unspecified atom stereocenters. The predicted molar refractivity (Wildman–Crippen MR) is 116 cm³/mol. The van der Waals surface area contributed by atoms with E-state index in [2.05, 4.69) is 20.5 Å². The zero-order valence-corrected chi connectivity index (χ0v) is 17.2. The second-order valence-electron chi connectivity index (χ2n) is 6.73. The standard InChI is InChI=1S/C21H19N5O3S/c1-3-16(19(27)22-13-10-8-12(9-11-13)20(28)29)30-21-23-18-17(24-25-21)14-6-4-5-7-15(14)26(18)2/h4-11,16H,3H2,1-2H3,(H,22,27)(H,28,29). The summed E-state index contributed by atoms with van der Waals surface area (Å²) in [4.78, 5) is 28.3. The Morgan fingerprint density at radius 3 is 2.57 bits per heavy atom. The summed E-state index contributed by atoms with van der Waals surface area (Å²) in [5.74, 6) is -1.21. The Balaban J connectivity index is 1.54. The van der Waals surface area contributed by atoms with Crippen LogP contribution >= 0.6 is 11.8 Å². The Bertz CT molecular complexity index is 1250. The lowest BCUT2D eigenvalue weighted by atomic mass is 10.2. The molecule has 2 heterocycles. The largest absolute Gasteiger partial charge is 0.478 e. The number of hydrogen-bond acceptors (Lipinski definition) is 6. The number of fused-ring (bicyclic) bond motifs is 3. The molecule has 2 aromatic heterocycles. The number of carbonyl (C=O) groups excluding carboxylic acids is 1. The van der Waals surface area contributed by atoms with Gasteiger partial charge in [-0.25, -0.2) is 9.78 Å². The summed E-state index contributed by atoms with van der Waals surface area (Å²) in [6, 6.07) is 13.9. The molecule has 0 spiro atoms. The van der Waals surface area contributed by atoms with Crippen LogP contribution in [0.1, 0.15) is 23.7 Å². The number of hydrogen-bond donors (Lipinski definition) is 2. The number of amides is 1. The molecule has 4 rings (SSSR count). The van der Waals surface area contributed by atoms with Gasteiger partial charge in [0.05, 0.1) is 16.3 Å². The van der Waals surface area contributed by atoms with Gasteiger partial charge in [-0.2, -0.15) is 0 Å². The number of anilines is 1. The average Bonchev–Trinajstić information content (AvgIpc) is 3.04. The van der Waals surface area contributed by atoms with Crippen molar-refractivity contribution in [1.82, 2.24) is 19.7 Å². The van der Waals surface area contributed by atoms with Crippen molar-refractivity contribution in [3.8, 4) is 0 Å². The third kappa shape index (κ3) is 3.71. The van der Waals surface area contributed by atoms with Crippen LogP contribution in [-0.2, 0) is 11.8 Å². The molecule has 2 aromatic carbocycles. The minimum absolute atomic E-state index is 0.164. The van der Waals surface area contributed by atoms with Crippen LogP contribution in [0.2, 0.25) is 0 Å². The summed E-state index contributed by atoms with van der Waals surface area (Å²) in [5, 5.41) is 21.4. The maximum Gasteiger partial charge on any atom is 0.335 e. The Hall–Kier alpha value is -3.46. The number of nitrogens with zero attached hydrogens (tertiary/aromatic N) is 4. The number of thioether (sulfide) groups is 1. The maximum atomic E-state index is 12.7. The molecule has 0 radical (unpaired) electrons. The van der Waals surface area contributed by atoms with Gasteiger partial charge in [-0.15, -0.1) is 10.2 Å². The third-order valence-corrected chi connectivity index (χ3v) is 6.01. The van der Waals surface area contributed by atoms with Gasteiger partial charge in [0, 0.05) is 18.1 Å². The minimum Gasteiger partial charge on any atom is -0.478 e. The van der Waals surface area contributed by atoms with Crippen molar-refractivity contribution in [3.05, 3.63) is 54.1 Å². The molecule has 1 amide bonds. The number of benzene rings is 2. The fourth-order valence-corrected chi connectivity index (χ4v) is 4.02. The minimum atomic E-state index is -1.01. The lowest BCUT2D eigenvalue weighted by Crippen LogP contribution is -2.25. The van der Waals surface area contributed by atoms with E-state index in [0.717, 1.165) is 16.4 Å². The number of carboxylic acid groups (broad SMARTS) is 1. The Kier molecular flexibility index (Phi) is 5.37. The van der Waals surface area contributed by atoms with Gasteiger partial charge in [-0.3, -0.25) is 4.79 Å². The zero-order valence-electron chi connectivity index (χ0n) is 16.4. The van der Waals surface area contributed by atoms with Gasteiger partial charge in [0.25, 0.3) is 0 Å². The van der Waals surface area contributed by atoms with Crippen molar-refractivity contribution in [2.24, 2.45) is 7.05 Å². The van der Waals surface area contributed by atoms with Gasteiger partial charge in [-0.05, 0) is 36.8 Å². The van der Waals surface area contributed by atoms with Crippen LogP contribution in [0.3, 0.4) is 0 Å². The van der Waals surface area contributed by atoms with Gasteiger partial charge in [-0.1, -0.05) is 36.9 Å². The van der Waals surface area contributed by atoms with Gasteiger partial charge in [0.2, 0.25) is 11.1 Å². The van der Waals surface area contributed by atoms with Crippen LogP contribution in [0, 0.1) is 0 Å². The smallest absolute Gasteiger partial charge is 0.335 e. The second kappa shape index (κ2) is 8.11. The van der Waals surface area contributed by atoms with Crippen LogP contribution in [0.5, 0.6) is 0 Å². The number of para-hydroxylation sites is 1. The Labute approximate surface area is 176 Å². The van der Waals surface area contributed by atoms with Crippen molar-refractivity contribution in [3.63, 3.8) is 0 Å². The summed E-state index contributed by atoms with van der Waals surface area (Å²) in [7, 11) is 1.93. The fourth-order valence-electron chi connectivity index (χ4n) is 3.21. The van der Waals surface area contributed by atoms with E-state index < -0.39 is 11.2 Å². The van der Waals surface area contributed by atoms with Crippen molar-refractivity contribution in [1.29, 1.82) is 0 Å². The van der Waals surface area contributed by atoms with E-state index in [4.69, 9.17) is 5.11 Å².